The van der Waals surface area contributed by atoms with Gasteiger partial charge in [0.2, 0.25) is 0 Å². The molecule has 0 saturated carbocycles. The molecule has 3 rings (SSSR count). The van der Waals surface area contributed by atoms with E-state index in [0.29, 0.717) is 21.3 Å². The highest BCUT2D eigenvalue weighted by molar-refractivity contribution is 6.40. The quantitative estimate of drug-likeness (QED) is 0.780. The second-order valence-corrected chi connectivity index (χ2v) is 4.98. The molecule has 0 aliphatic rings. The van der Waals surface area contributed by atoms with Crippen molar-refractivity contribution in [3.8, 4) is 0 Å². The van der Waals surface area contributed by atoms with E-state index >= 15 is 0 Å². The van der Waals surface area contributed by atoms with Crippen molar-refractivity contribution in [3.05, 3.63) is 64.5 Å². The van der Waals surface area contributed by atoms with Gasteiger partial charge < -0.3 is 9.72 Å². The predicted octanol–water partition coefficient (Wildman–Crippen LogP) is 3.89. The average Bonchev–Trinajstić information content (AvgIpc) is 2.90. The molecule has 1 N–H and O–H groups in total. The van der Waals surface area contributed by atoms with E-state index in [1.54, 1.807) is 53.3 Å². The van der Waals surface area contributed by atoms with Crippen molar-refractivity contribution < 1.29 is 4.79 Å². The summed E-state index contributed by atoms with van der Waals surface area (Å²) in [5.41, 5.74) is 1.68. The van der Waals surface area contributed by atoms with E-state index in [4.69, 9.17) is 23.2 Å². The highest BCUT2D eigenvalue weighted by atomic mass is 35.5. The summed E-state index contributed by atoms with van der Waals surface area (Å²) >= 11 is 12.0. The van der Waals surface area contributed by atoms with Gasteiger partial charge in [-0.15, -0.1) is 0 Å². The van der Waals surface area contributed by atoms with Crippen molar-refractivity contribution in [1.82, 2.24) is 9.38 Å². The largest absolute Gasteiger partial charge is 0.319 e. The fourth-order valence-electron chi connectivity index (χ4n) is 1.86. The van der Waals surface area contributed by atoms with Crippen molar-refractivity contribution in [2.75, 3.05) is 5.32 Å². The number of carbonyl (C=O) groups is 1. The number of hydrogen-bond acceptors (Lipinski definition) is 2. The molecule has 0 fully saturated rings. The van der Waals surface area contributed by atoms with Crippen LogP contribution in [0.25, 0.3) is 5.65 Å². The van der Waals surface area contributed by atoms with Gasteiger partial charge in [-0.25, -0.2) is 4.98 Å². The van der Waals surface area contributed by atoms with Crippen molar-refractivity contribution >= 4 is 40.4 Å². The van der Waals surface area contributed by atoms with Crippen LogP contribution in [0.4, 0.5) is 5.69 Å². The molecule has 0 aliphatic heterocycles. The van der Waals surface area contributed by atoms with E-state index in [1.807, 2.05) is 0 Å². The van der Waals surface area contributed by atoms with Gasteiger partial charge in [0, 0.05) is 18.6 Å². The number of nitrogens with one attached hydrogen (secondary N) is 1. The van der Waals surface area contributed by atoms with Gasteiger partial charge in [0.15, 0.2) is 0 Å². The fraction of sp³-hybridized carbons (Fsp3) is 0. The number of para-hydroxylation sites is 1. The Balaban J connectivity index is 1.92. The zero-order valence-corrected chi connectivity index (χ0v) is 11.7. The SMILES string of the molecule is O=C(Nc1c(Cl)cccc1Cl)c1ccc2nccn2c1. The van der Waals surface area contributed by atoms with Crippen LogP contribution in [0.15, 0.2) is 48.9 Å². The molecule has 0 saturated heterocycles. The zero-order chi connectivity index (χ0) is 14.1. The normalized spacial score (nSPS) is 10.7. The molecule has 0 aliphatic carbocycles. The molecule has 20 heavy (non-hydrogen) atoms. The Morgan fingerprint density at radius 3 is 2.65 bits per heavy atom. The maximum atomic E-state index is 12.2. The summed E-state index contributed by atoms with van der Waals surface area (Å²) < 4.78 is 1.77. The van der Waals surface area contributed by atoms with E-state index < -0.39 is 0 Å². The molecule has 2 aromatic heterocycles. The minimum absolute atomic E-state index is 0.282. The number of aromatic nitrogens is 2. The minimum atomic E-state index is -0.282. The number of fused-ring (bicyclic) bond motifs is 1. The maximum Gasteiger partial charge on any atom is 0.257 e. The van der Waals surface area contributed by atoms with Gasteiger partial charge in [-0.1, -0.05) is 29.3 Å². The molecule has 0 bridgehead atoms. The highest BCUT2D eigenvalue weighted by Gasteiger charge is 2.12. The second kappa shape index (κ2) is 5.15. The molecule has 100 valence electrons. The first-order valence-electron chi connectivity index (χ1n) is 5.83. The lowest BCUT2D eigenvalue weighted by atomic mass is 10.2. The van der Waals surface area contributed by atoms with Crippen LogP contribution in [0.3, 0.4) is 0 Å². The smallest absolute Gasteiger partial charge is 0.257 e. The number of imidazole rings is 1. The first kappa shape index (κ1) is 13.0. The number of amides is 1. The molecule has 6 heteroatoms. The van der Waals surface area contributed by atoms with Crippen LogP contribution in [0.2, 0.25) is 10.0 Å². The highest BCUT2D eigenvalue weighted by Crippen LogP contribution is 2.30. The van der Waals surface area contributed by atoms with Gasteiger partial charge in [0.05, 0.1) is 21.3 Å². The molecular formula is C14H9Cl2N3O. The Morgan fingerprint density at radius 2 is 1.90 bits per heavy atom. The number of anilines is 1. The van der Waals surface area contributed by atoms with Crippen LogP contribution in [0, 0.1) is 0 Å². The molecule has 0 atom stereocenters. The van der Waals surface area contributed by atoms with E-state index in [2.05, 4.69) is 10.3 Å². The van der Waals surface area contributed by atoms with Crippen LogP contribution in [-0.2, 0) is 0 Å². The minimum Gasteiger partial charge on any atom is -0.319 e. The maximum absolute atomic E-state index is 12.2. The van der Waals surface area contributed by atoms with Crippen molar-refractivity contribution in [2.45, 2.75) is 0 Å². The van der Waals surface area contributed by atoms with Gasteiger partial charge in [-0.05, 0) is 24.3 Å². The molecule has 0 radical (unpaired) electrons. The average molecular weight is 306 g/mol. The van der Waals surface area contributed by atoms with E-state index in [1.165, 1.54) is 0 Å². The van der Waals surface area contributed by atoms with Crippen molar-refractivity contribution in [3.63, 3.8) is 0 Å². The number of pyridine rings is 1. The van der Waals surface area contributed by atoms with Gasteiger partial charge >= 0.3 is 0 Å². The molecule has 3 aromatic rings. The van der Waals surface area contributed by atoms with Crippen LogP contribution in [0.1, 0.15) is 10.4 Å². The fourth-order valence-corrected chi connectivity index (χ4v) is 2.35. The lowest BCUT2D eigenvalue weighted by Crippen LogP contribution is -2.13. The molecule has 0 spiro atoms. The first-order valence-corrected chi connectivity index (χ1v) is 6.59. The predicted molar refractivity (Wildman–Crippen MR) is 79.6 cm³/mol. The summed E-state index contributed by atoms with van der Waals surface area (Å²) in [6.07, 6.45) is 5.14. The summed E-state index contributed by atoms with van der Waals surface area (Å²) in [4.78, 5) is 16.3. The Morgan fingerprint density at radius 1 is 1.15 bits per heavy atom. The van der Waals surface area contributed by atoms with Gasteiger partial charge in [-0.2, -0.15) is 0 Å². The molecule has 1 aromatic carbocycles. The summed E-state index contributed by atoms with van der Waals surface area (Å²) in [6, 6.07) is 8.52. The summed E-state index contributed by atoms with van der Waals surface area (Å²) in [5, 5.41) is 3.51. The van der Waals surface area contributed by atoms with Gasteiger partial charge in [-0.3, -0.25) is 4.79 Å². The second-order valence-electron chi connectivity index (χ2n) is 4.16. The molecule has 4 nitrogen and oxygen atoms in total. The number of halogens is 2. The topological polar surface area (TPSA) is 46.4 Å². The monoisotopic (exact) mass is 305 g/mol. The van der Waals surface area contributed by atoms with Gasteiger partial charge in [0.1, 0.15) is 5.65 Å². The molecule has 0 unspecified atom stereocenters. The third-order valence-electron chi connectivity index (χ3n) is 2.85. The van der Waals surface area contributed by atoms with Crippen molar-refractivity contribution in [1.29, 1.82) is 0 Å². The lowest BCUT2D eigenvalue weighted by molar-refractivity contribution is 0.102. The van der Waals surface area contributed by atoms with Gasteiger partial charge in [0.25, 0.3) is 5.91 Å². The third-order valence-corrected chi connectivity index (χ3v) is 3.48. The number of hydrogen-bond donors (Lipinski definition) is 1. The summed E-state index contributed by atoms with van der Waals surface area (Å²) in [7, 11) is 0. The van der Waals surface area contributed by atoms with Crippen LogP contribution in [-0.4, -0.2) is 15.3 Å². The lowest BCUT2D eigenvalue weighted by Gasteiger charge is -2.09. The molecule has 2 heterocycles. The Labute approximate surface area is 125 Å². The first-order chi connectivity index (χ1) is 9.65. The summed E-state index contributed by atoms with van der Waals surface area (Å²) in [5.74, 6) is -0.282. The number of nitrogens with zero attached hydrogens (tertiary/aromatic N) is 2. The Kier molecular flexibility index (Phi) is 3.34. The Bertz CT molecular complexity index is 778. The standard InChI is InChI=1S/C14H9Cl2N3O/c15-10-2-1-3-11(16)13(10)18-14(20)9-4-5-12-17-6-7-19(12)8-9/h1-8H,(H,18,20). The van der Waals surface area contributed by atoms with E-state index in [-0.39, 0.29) is 5.91 Å². The van der Waals surface area contributed by atoms with E-state index in [9.17, 15) is 4.79 Å². The summed E-state index contributed by atoms with van der Waals surface area (Å²) in [6.45, 7) is 0. The zero-order valence-electron chi connectivity index (χ0n) is 10.2. The number of rotatable bonds is 2. The third kappa shape index (κ3) is 2.35. The van der Waals surface area contributed by atoms with Crippen LogP contribution < -0.4 is 5.32 Å². The number of benzene rings is 1. The van der Waals surface area contributed by atoms with E-state index in [0.717, 1.165) is 5.65 Å². The Hall–Kier alpha value is -2.04. The number of carbonyl (C=O) groups excluding carboxylic acids is 1. The molecular weight excluding hydrogens is 297 g/mol. The molecule has 1 amide bonds. The van der Waals surface area contributed by atoms with Crippen LogP contribution >= 0.6 is 23.2 Å². The van der Waals surface area contributed by atoms with Crippen molar-refractivity contribution in [2.24, 2.45) is 0 Å². The van der Waals surface area contributed by atoms with Crippen LogP contribution in [0.5, 0.6) is 0 Å².